The van der Waals surface area contributed by atoms with Crippen LogP contribution in [0.3, 0.4) is 0 Å². The molecule has 232 valence electrons. The van der Waals surface area contributed by atoms with Crippen molar-refractivity contribution >= 4 is 46.6 Å². The van der Waals surface area contributed by atoms with Gasteiger partial charge in [0.1, 0.15) is 17.3 Å². The lowest BCUT2D eigenvalue weighted by Crippen LogP contribution is -2.40. The Balaban J connectivity index is 1.55. The minimum Gasteiger partial charge on any atom is -0.497 e. The summed E-state index contributed by atoms with van der Waals surface area (Å²) in [4.78, 5) is 45.5. The second-order valence-corrected chi connectivity index (χ2v) is 11.5. The number of thiazole rings is 1. The number of ether oxygens (including phenoxy) is 3. The first-order chi connectivity index (χ1) is 22.3. The first-order valence-electron chi connectivity index (χ1n) is 14.2. The topological polar surface area (TPSA) is 109 Å². The van der Waals surface area contributed by atoms with Gasteiger partial charge in [-0.05, 0) is 55.0 Å². The number of hydrogen-bond acceptors (Lipinski definition) is 9. The molecule has 0 aliphatic carbocycles. The fraction of sp³-hybridized carbons (Fsp3) is 0.143. The Morgan fingerprint density at radius 1 is 1.00 bits per heavy atom. The Hall–Kier alpha value is -5.19. The number of hydrogen-bond donors (Lipinski definition) is 0. The monoisotopic (exact) mass is 654 g/mol. The molecule has 0 unspecified atom stereocenters. The third-order valence-corrected chi connectivity index (χ3v) is 8.55. The second-order valence-electron chi connectivity index (χ2n) is 10.1. The van der Waals surface area contributed by atoms with Crippen molar-refractivity contribution in [3.8, 4) is 17.1 Å². The summed E-state index contributed by atoms with van der Waals surface area (Å²) in [6.45, 7) is 1.87. The summed E-state index contributed by atoms with van der Waals surface area (Å²) in [5.41, 5.74) is 2.36. The van der Waals surface area contributed by atoms with Crippen LogP contribution in [0, 0.1) is 0 Å². The molecule has 0 radical (unpaired) electrons. The van der Waals surface area contributed by atoms with E-state index in [1.54, 1.807) is 68.6 Å². The first kappa shape index (κ1) is 30.8. The molecule has 0 spiro atoms. The lowest BCUT2D eigenvalue weighted by Gasteiger charge is -2.26. The Morgan fingerprint density at radius 2 is 1.80 bits per heavy atom. The van der Waals surface area contributed by atoms with E-state index >= 15 is 0 Å². The highest BCUT2D eigenvalue weighted by Crippen LogP contribution is 2.36. The molecule has 1 aliphatic heterocycles. The molecule has 0 saturated carbocycles. The van der Waals surface area contributed by atoms with Gasteiger partial charge < -0.3 is 18.6 Å². The summed E-state index contributed by atoms with van der Waals surface area (Å²) >= 11 is 7.39. The maximum Gasteiger partial charge on any atom is 0.338 e. The van der Waals surface area contributed by atoms with Crippen LogP contribution in [0.25, 0.3) is 23.1 Å². The van der Waals surface area contributed by atoms with Crippen LogP contribution in [-0.4, -0.2) is 37.3 Å². The van der Waals surface area contributed by atoms with Crippen LogP contribution in [-0.2, 0) is 14.3 Å². The summed E-state index contributed by atoms with van der Waals surface area (Å²) < 4.78 is 23.8. The van der Waals surface area contributed by atoms with Crippen LogP contribution in [0.5, 0.6) is 5.75 Å². The number of carbonyl (C=O) groups excluding carboxylic acids is 2. The maximum absolute atomic E-state index is 14.2. The summed E-state index contributed by atoms with van der Waals surface area (Å²) in [7, 11) is 2.85. The number of aromatic nitrogens is 1. The lowest BCUT2D eigenvalue weighted by molar-refractivity contribution is -0.138. The molecule has 0 amide bonds. The normalized spacial score (nSPS) is 14.4. The van der Waals surface area contributed by atoms with Crippen LogP contribution >= 0.6 is 22.9 Å². The number of benzene rings is 3. The number of esters is 2. The van der Waals surface area contributed by atoms with Crippen molar-refractivity contribution < 1.29 is 28.2 Å². The van der Waals surface area contributed by atoms with Gasteiger partial charge in [-0.2, -0.15) is 0 Å². The SMILES string of the molecule is CCOC(=O)C1=C(c2ccccc2)N=c2s/c(=C/c3ccc(-c4cc(Cl)ccc4C(=O)OC)o3)c(=O)n2[C@@H]1c1cccc(OC)c1. The molecule has 46 heavy (non-hydrogen) atoms. The van der Waals surface area contributed by atoms with Crippen molar-refractivity contribution in [3.63, 3.8) is 0 Å². The number of methoxy groups -OCH3 is 2. The minimum atomic E-state index is -0.857. The Bertz CT molecular complexity index is 2180. The van der Waals surface area contributed by atoms with Crippen molar-refractivity contribution in [1.29, 1.82) is 0 Å². The lowest BCUT2D eigenvalue weighted by atomic mass is 9.93. The zero-order valence-corrected chi connectivity index (χ0v) is 26.6. The summed E-state index contributed by atoms with van der Waals surface area (Å²) in [6.07, 6.45) is 1.61. The number of halogens is 1. The number of rotatable bonds is 8. The van der Waals surface area contributed by atoms with Crippen molar-refractivity contribution in [2.24, 2.45) is 4.99 Å². The smallest absolute Gasteiger partial charge is 0.338 e. The molecule has 2 aromatic heterocycles. The molecule has 3 heterocycles. The second kappa shape index (κ2) is 13.0. The Morgan fingerprint density at radius 3 is 2.54 bits per heavy atom. The molecule has 0 N–H and O–H groups in total. The van der Waals surface area contributed by atoms with Gasteiger partial charge in [-0.15, -0.1) is 0 Å². The summed E-state index contributed by atoms with van der Waals surface area (Å²) in [6, 6.07) is 23.8. The van der Waals surface area contributed by atoms with E-state index in [-0.39, 0.29) is 23.3 Å². The van der Waals surface area contributed by atoms with Crippen LogP contribution in [0.4, 0.5) is 0 Å². The van der Waals surface area contributed by atoms with Crippen molar-refractivity contribution in [2.75, 3.05) is 20.8 Å². The Labute approximate surface area is 272 Å². The van der Waals surface area contributed by atoms with E-state index in [0.717, 1.165) is 0 Å². The van der Waals surface area contributed by atoms with Gasteiger partial charge in [-0.3, -0.25) is 9.36 Å². The van der Waals surface area contributed by atoms with Gasteiger partial charge in [0, 0.05) is 22.2 Å². The van der Waals surface area contributed by atoms with Gasteiger partial charge in [-0.1, -0.05) is 65.4 Å². The van der Waals surface area contributed by atoms with Gasteiger partial charge in [0.05, 0.1) is 48.2 Å². The van der Waals surface area contributed by atoms with E-state index < -0.39 is 18.0 Å². The molecule has 3 aromatic carbocycles. The molecule has 0 bridgehead atoms. The van der Waals surface area contributed by atoms with E-state index in [0.29, 0.717) is 54.0 Å². The standard InChI is InChI=1S/C35H27ClN2O7S/c1-4-44-34(41)29-30(20-9-6-5-7-10-20)37-35-38(31(29)21-11-8-12-23(17-21)42-2)32(39)28(46-35)19-24-14-16-27(45-24)26-18-22(36)13-15-25(26)33(40)43-3/h5-19,31H,4H2,1-3H3/b28-19+/t31-/m1/s1. The average molecular weight is 655 g/mol. The van der Waals surface area contributed by atoms with Crippen LogP contribution < -0.4 is 19.6 Å². The first-order valence-corrected chi connectivity index (χ1v) is 15.4. The van der Waals surface area contributed by atoms with E-state index in [1.807, 2.05) is 36.4 Å². The number of nitrogens with zero attached hydrogens (tertiary/aromatic N) is 2. The molecule has 5 aromatic rings. The quantitative estimate of drug-likeness (QED) is 0.199. The summed E-state index contributed by atoms with van der Waals surface area (Å²) in [5.74, 6) is 0.179. The third kappa shape index (κ3) is 5.80. The summed E-state index contributed by atoms with van der Waals surface area (Å²) in [5, 5.41) is 0.415. The molecule has 0 saturated heterocycles. The fourth-order valence-corrected chi connectivity index (χ4v) is 6.43. The molecule has 6 rings (SSSR count). The van der Waals surface area contributed by atoms with E-state index in [9.17, 15) is 14.4 Å². The predicted molar refractivity (Wildman–Crippen MR) is 175 cm³/mol. The van der Waals surface area contributed by atoms with Gasteiger partial charge in [0.15, 0.2) is 4.80 Å². The molecule has 11 heteroatoms. The maximum atomic E-state index is 14.2. The molecular formula is C35H27ClN2O7S. The largest absolute Gasteiger partial charge is 0.497 e. The molecular weight excluding hydrogens is 628 g/mol. The van der Waals surface area contributed by atoms with Crippen LogP contribution in [0.2, 0.25) is 5.02 Å². The zero-order chi connectivity index (χ0) is 32.4. The highest BCUT2D eigenvalue weighted by atomic mass is 35.5. The molecule has 9 nitrogen and oxygen atoms in total. The predicted octanol–water partition coefficient (Wildman–Crippen LogP) is 5.64. The van der Waals surface area contributed by atoms with Crippen LogP contribution in [0.1, 0.15) is 40.2 Å². The van der Waals surface area contributed by atoms with Gasteiger partial charge in [-0.25, -0.2) is 14.6 Å². The van der Waals surface area contributed by atoms with Crippen molar-refractivity contribution in [3.05, 3.63) is 138 Å². The minimum absolute atomic E-state index is 0.144. The highest BCUT2D eigenvalue weighted by Gasteiger charge is 2.35. The Kier molecular flexibility index (Phi) is 8.74. The number of carbonyl (C=O) groups is 2. The van der Waals surface area contributed by atoms with Gasteiger partial charge in [0.2, 0.25) is 0 Å². The zero-order valence-electron chi connectivity index (χ0n) is 25.0. The highest BCUT2D eigenvalue weighted by molar-refractivity contribution is 7.07. The molecule has 1 atom stereocenters. The third-order valence-electron chi connectivity index (χ3n) is 7.34. The van der Waals surface area contributed by atoms with Crippen molar-refractivity contribution in [1.82, 2.24) is 4.57 Å². The number of furan rings is 1. The van der Waals surface area contributed by atoms with Gasteiger partial charge >= 0.3 is 11.9 Å². The van der Waals surface area contributed by atoms with E-state index in [2.05, 4.69) is 0 Å². The van der Waals surface area contributed by atoms with Crippen LogP contribution in [0.15, 0.2) is 105 Å². The molecule has 0 fully saturated rings. The fourth-order valence-electron chi connectivity index (χ4n) is 5.28. The number of fused-ring (bicyclic) bond motifs is 1. The molecule has 1 aliphatic rings. The average Bonchev–Trinajstić information content (AvgIpc) is 3.67. The van der Waals surface area contributed by atoms with E-state index in [1.165, 1.54) is 23.0 Å². The van der Waals surface area contributed by atoms with Gasteiger partial charge in [0.25, 0.3) is 5.56 Å². The van der Waals surface area contributed by atoms with E-state index in [4.69, 9.17) is 35.2 Å². The van der Waals surface area contributed by atoms with Crippen molar-refractivity contribution in [2.45, 2.75) is 13.0 Å².